The molecule has 0 saturated heterocycles. The van der Waals surface area contributed by atoms with Gasteiger partial charge in [-0.1, -0.05) is 36.4 Å². The number of anilines is 2. The predicted molar refractivity (Wildman–Crippen MR) is 132 cm³/mol. The molecule has 0 fully saturated rings. The largest absolute Gasteiger partial charge is 0.490 e. The Morgan fingerprint density at radius 2 is 1.81 bits per heavy atom. The van der Waals surface area contributed by atoms with Gasteiger partial charge in [-0.25, -0.2) is 19.6 Å². The van der Waals surface area contributed by atoms with Gasteiger partial charge in [0.05, 0.1) is 22.2 Å². The molecule has 2 heterocycles. The highest BCUT2D eigenvalue weighted by Crippen LogP contribution is 2.27. The highest BCUT2D eigenvalue weighted by Gasteiger charge is 2.38. The van der Waals surface area contributed by atoms with Crippen LogP contribution in [0.25, 0.3) is 33.3 Å². The summed E-state index contributed by atoms with van der Waals surface area (Å²) in [6.07, 6.45) is -5.08. The lowest BCUT2D eigenvalue weighted by molar-refractivity contribution is -0.192. The van der Waals surface area contributed by atoms with Crippen LogP contribution in [0.2, 0.25) is 0 Å². The number of nitrogens with one attached hydrogen (secondary N) is 2. The monoisotopic (exact) mass is 513 g/mol. The minimum atomic E-state index is -5.08. The van der Waals surface area contributed by atoms with Crippen molar-refractivity contribution in [2.45, 2.75) is 6.18 Å². The fraction of sp³-hybridized carbons (Fsp3) is 0.0833. The zero-order valence-electron chi connectivity index (χ0n) is 18.6. The number of thiazole rings is 1. The molecule has 36 heavy (non-hydrogen) atoms. The Bertz CT molecular complexity index is 1530. The molecule has 3 aromatic carbocycles. The molecule has 0 bridgehead atoms. The van der Waals surface area contributed by atoms with E-state index in [1.807, 2.05) is 66.0 Å². The molecular weight excluding hydrogens is 495 g/mol. The van der Waals surface area contributed by atoms with E-state index in [2.05, 4.69) is 20.3 Å². The van der Waals surface area contributed by atoms with Crippen LogP contribution < -0.4 is 10.2 Å². The van der Waals surface area contributed by atoms with E-state index in [4.69, 9.17) is 9.90 Å². The summed E-state index contributed by atoms with van der Waals surface area (Å²) in [4.78, 5) is 35.5. The molecule has 5 rings (SSSR count). The van der Waals surface area contributed by atoms with Crippen LogP contribution in [0.3, 0.4) is 0 Å². The molecule has 5 aromatic rings. The minimum Gasteiger partial charge on any atom is -0.475 e. The number of alkyl halides is 3. The van der Waals surface area contributed by atoms with Crippen molar-refractivity contribution in [1.29, 1.82) is 0 Å². The summed E-state index contributed by atoms with van der Waals surface area (Å²) in [5, 5.41) is 14.2. The molecule has 0 radical (unpaired) electrons. The fourth-order valence-electron chi connectivity index (χ4n) is 3.36. The molecule has 12 heteroatoms. The summed E-state index contributed by atoms with van der Waals surface area (Å²) in [6, 6.07) is 19.4. The number of hydrogen-bond donors (Lipinski definition) is 3. The number of carbonyl (C=O) groups excluding carboxylic acids is 1. The highest BCUT2D eigenvalue weighted by atomic mass is 32.1. The second kappa shape index (κ2) is 10.0. The lowest BCUT2D eigenvalue weighted by Crippen LogP contribution is -2.31. The third-order valence-corrected chi connectivity index (χ3v) is 5.67. The number of nitrogens with zero attached hydrogens (tertiary/aromatic N) is 3. The number of rotatable bonds is 3. The molecule has 3 N–H and O–H groups in total. The third-order valence-electron chi connectivity index (χ3n) is 5.08. The molecule has 0 atom stereocenters. The average Bonchev–Trinajstić information content (AvgIpc) is 3.53. The first kappa shape index (κ1) is 24.7. The number of imidazole rings is 1. The number of urea groups is 1. The van der Waals surface area contributed by atoms with Crippen LogP contribution in [0, 0.1) is 0 Å². The standard InChI is InChI=1S/C22H17N5OS.C2HF3O2/c1-27(20-8-4-6-14-5-2-3-7-16(14)20)22(28)24-15-9-10-17-18(11-15)26-21(25-17)19-12-29-13-23-19;3-2(4,5)1(6)7/h2-13H,1H3,(H,24,28)(H,25,26);(H,6,7). The van der Waals surface area contributed by atoms with Crippen LogP contribution in [-0.2, 0) is 4.79 Å². The van der Waals surface area contributed by atoms with E-state index in [9.17, 15) is 18.0 Å². The number of halogens is 3. The predicted octanol–water partition coefficient (Wildman–Crippen LogP) is 6.14. The number of aromatic amines is 1. The van der Waals surface area contributed by atoms with Gasteiger partial charge in [0.1, 0.15) is 5.69 Å². The van der Waals surface area contributed by atoms with Gasteiger partial charge in [-0.3, -0.25) is 4.90 Å². The smallest absolute Gasteiger partial charge is 0.475 e. The molecule has 0 aliphatic rings. The maximum absolute atomic E-state index is 12.9. The van der Waals surface area contributed by atoms with E-state index in [-0.39, 0.29) is 6.03 Å². The average molecular weight is 514 g/mol. The van der Waals surface area contributed by atoms with Crippen molar-refractivity contribution in [3.63, 3.8) is 0 Å². The highest BCUT2D eigenvalue weighted by molar-refractivity contribution is 7.07. The number of benzene rings is 3. The molecular formula is C24H18F3N5O3S. The van der Waals surface area contributed by atoms with Gasteiger partial charge in [0, 0.05) is 23.5 Å². The van der Waals surface area contributed by atoms with Crippen LogP contribution in [0.5, 0.6) is 0 Å². The zero-order chi connectivity index (χ0) is 25.9. The third kappa shape index (κ3) is 5.44. The van der Waals surface area contributed by atoms with Gasteiger partial charge in [0.2, 0.25) is 0 Å². The van der Waals surface area contributed by atoms with Crippen molar-refractivity contribution >= 4 is 56.5 Å². The topological polar surface area (TPSA) is 111 Å². The first-order valence-corrected chi connectivity index (χ1v) is 11.3. The Labute approximate surface area is 206 Å². The maximum Gasteiger partial charge on any atom is 0.490 e. The molecule has 0 saturated carbocycles. The quantitative estimate of drug-likeness (QED) is 0.268. The molecule has 8 nitrogen and oxygen atoms in total. The van der Waals surface area contributed by atoms with Crippen LogP contribution in [-0.4, -0.2) is 45.3 Å². The Balaban J connectivity index is 0.000000384. The van der Waals surface area contributed by atoms with E-state index >= 15 is 0 Å². The van der Waals surface area contributed by atoms with Crippen molar-refractivity contribution < 1.29 is 27.9 Å². The molecule has 0 aliphatic carbocycles. The molecule has 0 spiro atoms. The number of hydrogen-bond acceptors (Lipinski definition) is 5. The SMILES string of the molecule is CN(C(=O)Nc1ccc2nc(-c3cscn3)[nH]c2c1)c1cccc2ccccc12.O=C(O)C(F)(F)F. The Morgan fingerprint density at radius 3 is 2.50 bits per heavy atom. The number of aliphatic carboxylic acids is 1. The Kier molecular flexibility index (Phi) is 6.88. The van der Waals surface area contributed by atoms with Crippen molar-refractivity contribution in [2.24, 2.45) is 0 Å². The van der Waals surface area contributed by atoms with E-state index in [1.54, 1.807) is 17.5 Å². The van der Waals surface area contributed by atoms with E-state index in [1.165, 1.54) is 11.3 Å². The summed E-state index contributed by atoms with van der Waals surface area (Å²) in [7, 11) is 1.77. The van der Waals surface area contributed by atoms with Crippen molar-refractivity contribution in [2.75, 3.05) is 17.3 Å². The molecule has 2 aromatic heterocycles. The number of carboxylic acid groups (broad SMARTS) is 1. The van der Waals surface area contributed by atoms with Gasteiger partial charge >= 0.3 is 18.2 Å². The van der Waals surface area contributed by atoms with Gasteiger partial charge in [-0.15, -0.1) is 11.3 Å². The van der Waals surface area contributed by atoms with Gasteiger partial charge in [0.15, 0.2) is 5.82 Å². The lowest BCUT2D eigenvalue weighted by Gasteiger charge is -2.20. The zero-order valence-corrected chi connectivity index (χ0v) is 19.4. The number of amides is 2. The second-order valence-corrected chi connectivity index (χ2v) is 8.20. The van der Waals surface area contributed by atoms with Gasteiger partial charge in [-0.2, -0.15) is 13.2 Å². The van der Waals surface area contributed by atoms with Crippen LogP contribution >= 0.6 is 11.3 Å². The van der Waals surface area contributed by atoms with Crippen LogP contribution in [0.15, 0.2) is 71.6 Å². The van der Waals surface area contributed by atoms with Gasteiger partial charge in [0.25, 0.3) is 0 Å². The molecule has 2 amide bonds. The van der Waals surface area contributed by atoms with Crippen molar-refractivity contribution in [3.8, 4) is 11.5 Å². The number of aromatic nitrogens is 3. The van der Waals surface area contributed by atoms with Crippen molar-refractivity contribution in [3.05, 3.63) is 71.6 Å². The summed E-state index contributed by atoms with van der Waals surface area (Å²) in [5.41, 5.74) is 5.81. The molecule has 184 valence electrons. The van der Waals surface area contributed by atoms with Gasteiger partial charge < -0.3 is 15.4 Å². The summed E-state index contributed by atoms with van der Waals surface area (Å²) >= 11 is 1.52. The number of fused-ring (bicyclic) bond motifs is 2. The van der Waals surface area contributed by atoms with Crippen LogP contribution in [0.4, 0.5) is 29.3 Å². The second-order valence-electron chi connectivity index (χ2n) is 7.48. The molecule has 0 aliphatic heterocycles. The summed E-state index contributed by atoms with van der Waals surface area (Å²) in [6.45, 7) is 0. The number of carbonyl (C=O) groups is 2. The van der Waals surface area contributed by atoms with Crippen LogP contribution in [0.1, 0.15) is 0 Å². The normalized spacial score (nSPS) is 11.1. The van der Waals surface area contributed by atoms with Gasteiger partial charge in [-0.05, 0) is 29.7 Å². The minimum absolute atomic E-state index is 0.208. The summed E-state index contributed by atoms with van der Waals surface area (Å²) < 4.78 is 31.7. The van der Waals surface area contributed by atoms with Crippen molar-refractivity contribution in [1.82, 2.24) is 15.0 Å². The number of H-pyrrole nitrogens is 1. The Hall–Kier alpha value is -4.45. The number of carboxylic acids is 1. The first-order valence-electron chi connectivity index (χ1n) is 10.3. The van der Waals surface area contributed by atoms with E-state index in [0.29, 0.717) is 5.69 Å². The first-order chi connectivity index (χ1) is 17.1. The fourth-order valence-corrected chi connectivity index (χ4v) is 3.89. The molecule has 0 unspecified atom stereocenters. The summed E-state index contributed by atoms with van der Waals surface area (Å²) in [5.74, 6) is -2.04. The van der Waals surface area contributed by atoms with E-state index in [0.717, 1.165) is 39.0 Å². The lowest BCUT2D eigenvalue weighted by atomic mass is 10.1. The Morgan fingerprint density at radius 1 is 1.08 bits per heavy atom. The maximum atomic E-state index is 12.9. The van der Waals surface area contributed by atoms with E-state index < -0.39 is 12.1 Å².